The number of hydrogen-bond acceptors (Lipinski definition) is 6. The van der Waals surface area contributed by atoms with Gasteiger partial charge in [-0.3, -0.25) is 0 Å². The van der Waals surface area contributed by atoms with Crippen LogP contribution >= 0.6 is 0 Å². The van der Waals surface area contributed by atoms with Gasteiger partial charge in [-0.1, -0.05) is 26.8 Å². The number of benzene rings is 1. The van der Waals surface area contributed by atoms with Crippen molar-refractivity contribution in [2.45, 2.75) is 97.2 Å². The van der Waals surface area contributed by atoms with Crippen molar-refractivity contribution in [1.29, 1.82) is 0 Å². The molecule has 0 aliphatic heterocycles. The second kappa shape index (κ2) is 9.62. The lowest BCUT2D eigenvalue weighted by molar-refractivity contribution is -0.174. The Morgan fingerprint density at radius 1 is 1.08 bits per heavy atom. The van der Waals surface area contributed by atoms with Crippen molar-refractivity contribution in [3.05, 3.63) is 34.5 Å². The van der Waals surface area contributed by atoms with Gasteiger partial charge in [-0.25, -0.2) is 9.78 Å². The maximum absolute atomic E-state index is 12.6. The maximum atomic E-state index is 12.6. The SMILES string of the molecule is COc1cccc2c(=O)oc(CC[C@@H](C)[C@H]3CC[C@H]4[C@H]5C(CC[C@]34C)[C@@]3(C)CC[C@@H](O)C[C@H]3C[C@H]5O)nc12. The minimum Gasteiger partial charge on any atom is -0.494 e. The van der Waals surface area contributed by atoms with Gasteiger partial charge in [-0.05, 0) is 116 Å². The van der Waals surface area contributed by atoms with Crippen LogP contribution in [0.4, 0.5) is 0 Å². The van der Waals surface area contributed by atoms with Crippen molar-refractivity contribution in [3.8, 4) is 5.75 Å². The Balaban J connectivity index is 1.19. The van der Waals surface area contributed by atoms with E-state index < -0.39 is 0 Å². The Kier molecular flexibility index (Phi) is 6.66. The smallest absolute Gasteiger partial charge is 0.346 e. The van der Waals surface area contributed by atoms with E-state index in [4.69, 9.17) is 9.15 Å². The average Bonchev–Trinajstić information content (AvgIpc) is 3.25. The molecule has 0 amide bonds. The second-order valence-corrected chi connectivity index (χ2v) is 13.7. The molecular weight excluding hydrogens is 478 g/mol. The first-order valence-corrected chi connectivity index (χ1v) is 15.0. The highest BCUT2D eigenvalue weighted by atomic mass is 16.5. The van der Waals surface area contributed by atoms with Crippen molar-refractivity contribution in [2.75, 3.05) is 7.11 Å². The summed E-state index contributed by atoms with van der Waals surface area (Å²) >= 11 is 0. The molecule has 0 radical (unpaired) electrons. The van der Waals surface area contributed by atoms with Gasteiger partial charge in [0.1, 0.15) is 11.3 Å². The van der Waals surface area contributed by atoms with E-state index in [-0.39, 0.29) is 28.7 Å². The summed E-state index contributed by atoms with van der Waals surface area (Å²) in [6.07, 6.45) is 9.71. The number of ether oxygens (including phenoxy) is 1. The van der Waals surface area contributed by atoms with Crippen LogP contribution in [-0.2, 0) is 6.42 Å². The molecule has 4 saturated carbocycles. The van der Waals surface area contributed by atoms with E-state index in [0.29, 0.717) is 64.5 Å². The third-order valence-electron chi connectivity index (χ3n) is 12.1. The van der Waals surface area contributed by atoms with Crippen LogP contribution in [0.15, 0.2) is 27.4 Å². The first-order chi connectivity index (χ1) is 18.2. The lowest BCUT2D eigenvalue weighted by Gasteiger charge is -2.62. The molecule has 0 spiro atoms. The molecule has 1 heterocycles. The topological polar surface area (TPSA) is 92.8 Å². The van der Waals surface area contributed by atoms with Crippen LogP contribution in [0.3, 0.4) is 0 Å². The Bertz CT molecular complexity index is 1240. The molecule has 1 aromatic carbocycles. The van der Waals surface area contributed by atoms with E-state index in [9.17, 15) is 15.0 Å². The van der Waals surface area contributed by atoms with Gasteiger partial charge >= 0.3 is 5.63 Å². The molecule has 2 aromatic rings. The largest absolute Gasteiger partial charge is 0.494 e. The van der Waals surface area contributed by atoms with Gasteiger partial charge in [0, 0.05) is 6.42 Å². The van der Waals surface area contributed by atoms with Crippen LogP contribution in [0, 0.1) is 46.3 Å². The highest BCUT2D eigenvalue weighted by Gasteiger charge is 2.62. The summed E-state index contributed by atoms with van der Waals surface area (Å²) in [7, 11) is 1.60. The predicted molar refractivity (Wildman–Crippen MR) is 147 cm³/mol. The van der Waals surface area contributed by atoms with E-state index in [1.165, 1.54) is 25.7 Å². The number of nitrogens with zero attached hydrogens (tertiary/aromatic N) is 1. The highest BCUT2D eigenvalue weighted by Crippen LogP contribution is 2.68. The van der Waals surface area contributed by atoms with Crippen LogP contribution in [0.5, 0.6) is 5.75 Å². The monoisotopic (exact) mass is 523 g/mol. The number of aryl methyl sites for hydroxylation is 1. The van der Waals surface area contributed by atoms with Gasteiger partial charge in [-0.15, -0.1) is 0 Å². The molecule has 0 bridgehead atoms. The third kappa shape index (κ3) is 4.04. The number of hydrogen-bond donors (Lipinski definition) is 2. The number of methoxy groups -OCH3 is 1. The highest BCUT2D eigenvalue weighted by molar-refractivity contribution is 5.83. The quantitative estimate of drug-likeness (QED) is 0.518. The molecule has 38 heavy (non-hydrogen) atoms. The molecular formula is C32H45NO5. The van der Waals surface area contributed by atoms with Gasteiger partial charge in [0.15, 0.2) is 5.89 Å². The van der Waals surface area contributed by atoms with Gasteiger partial charge in [0.05, 0.1) is 24.7 Å². The van der Waals surface area contributed by atoms with Crippen LogP contribution in [-0.4, -0.2) is 34.5 Å². The van der Waals surface area contributed by atoms with Crippen molar-refractivity contribution >= 4 is 10.9 Å². The number of aliphatic hydroxyl groups excluding tert-OH is 2. The summed E-state index contributed by atoms with van der Waals surface area (Å²) in [5, 5.41) is 22.3. The summed E-state index contributed by atoms with van der Waals surface area (Å²) in [6, 6.07) is 5.35. The molecule has 4 fully saturated rings. The van der Waals surface area contributed by atoms with Gasteiger partial charge in [0.25, 0.3) is 0 Å². The van der Waals surface area contributed by atoms with Crippen LogP contribution in [0.1, 0.15) is 84.4 Å². The Morgan fingerprint density at radius 2 is 1.84 bits per heavy atom. The van der Waals surface area contributed by atoms with Crippen molar-refractivity contribution in [2.24, 2.45) is 46.3 Å². The zero-order valence-corrected chi connectivity index (χ0v) is 23.5. The standard InChI is InChI=1S/C32H45NO5/c1-18(8-11-27-33-29-21(30(36)38-27)6-5-7-26(29)37-4)22-9-10-23-28-24(13-15-32(22,23)3)31(2)14-12-20(34)16-19(31)17-25(28)35/h5-7,18-20,22-25,28,34-35H,8-17H2,1-4H3/t18-,19+,20-,22-,23+,24?,25-,28+,31+,32-/m1/s1. The van der Waals surface area contributed by atoms with E-state index in [2.05, 4.69) is 25.8 Å². The zero-order valence-electron chi connectivity index (χ0n) is 23.5. The average molecular weight is 524 g/mol. The predicted octanol–water partition coefficient (Wildman–Crippen LogP) is 5.76. The van der Waals surface area contributed by atoms with Gasteiger partial charge < -0.3 is 19.4 Å². The summed E-state index contributed by atoms with van der Waals surface area (Å²) in [5.41, 5.74) is 0.721. The molecule has 6 heteroatoms. The molecule has 0 saturated heterocycles. The summed E-state index contributed by atoms with van der Waals surface area (Å²) in [5.74, 6) is 4.14. The van der Waals surface area contributed by atoms with E-state index in [1.54, 1.807) is 19.2 Å². The van der Waals surface area contributed by atoms with Gasteiger partial charge in [-0.2, -0.15) is 0 Å². The number of rotatable bonds is 5. The fourth-order valence-electron chi connectivity index (χ4n) is 10.1. The summed E-state index contributed by atoms with van der Waals surface area (Å²) in [4.78, 5) is 17.3. The minimum atomic E-state index is -0.351. The molecule has 6 rings (SSSR count). The maximum Gasteiger partial charge on any atom is 0.346 e. The molecule has 208 valence electrons. The van der Waals surface area contributed by atoms with Crippen molar-refractivity contribution < 1.29 is 19.4 Å². The molecule has 1 aromatic heterocycles. The minimum absolute atomic E-state index is 0.190. The Morgan fingerprint density at radius 3 is 2.63 bits per heavy atom. The molecule has 2 N–H and O–H groups in total. The molecule has 1 unspecified atom stereocenters. The lowest BCUT2D eigenvalue weighted by Crippen LogP contribution is -2.58. The Hall–Kier alpha value is -1.92. The molecule has 4 aliphatic rings. The van der Waals surface area contributed by atoms with E-state index in [1.807, 2.05) is 6.07 Å². The van der Waals surface area contributed by atoms with Crippen LogP contribution < -0.4 is 10.4 Å². The third-order valence-corrected chi connectivity index (χ3v) is 12.1. The molecule has 4 aliphatic carbocycles. The van der Waals surface area contributed by atoms with Crippen LogP contribution in [0.2, 0.25) is 0 Å². The first kappa shape index (κ1) is 26.3. The van der Waals surface area contributed by atoms with Gasteiger partial charge in [0.2, 0.25) is 0 Å². The second-order valence-electron chi connectivity index (χ2n) is 13.7. The van der Waals surface area contributed by atoms with Crippen molar-refractivity contribution in [3.63, 3.8) is 0 Å². The van der Waals surface area contributed by atoms with E-state index in [0.717, 1.165) is 32.1 Å². The summed E-state index contributed by atoms with van der Waals surface area (Å²) < 4.78 is 11.1. The fourth-order valence-corrected chi connectivity index (χ4v) is 10.1. The van der Waals surface area contributed by atoms with Crippen LogP contribution in [0.25, 0.3) is 10.9 Å². The molecule has 10 atom stereocenters. The number of para-hydroxylation sites is 1. The number of aromatic nitrogens is 1. The summed E-state index contributed by atoms with van der Waals surface area (Å²) in [6.45, 7) is 7.35. The zero-order chi connectivity index (χ0) is 26.8. The Labute approximate surface area is 226 Å². The molecule has 6 nitrogen and oxygen atoms in total. The lowest BCUT2D eigenvalue weighted by atomic mass is 9.43. The number of aliphatic hydroxyl groups is 2. The first-order valence-electron chi connectivity index (χ1n) is 15.0. The fraction of sp³-hybridized carbons (Fsp3) is 0.750. The normalized spacial score (nSPS) is 41.3. The van der Waals surface area contributed by atoms with E-state index >= 15 is 0 Å². The van der Waals surface area contributed by atoms with Crippen molar-refractivity contribution in [1.82, 2.24) is 4.98 Å². The number of fused-ring (bicyclic) bond motifs is 6.